The highest BCUT2D eigenvalue weighted by atomic mass is 16.2. The maximum atomic E-state index is 12.4. The lowest BCUT2D eigenvalue weighted by molar-refractivity contribution is -0.136. The lowest BCUT2D eigenvalue weighted by Gasteiger charge is -2.41. The first-order valence-corrected chi connectivity index (χ1v) is 7.33. The van der Waals surface area contributed by atoms with Crippen LogP contribution in [0.15, 0.2) is 12.2 Å². The molecule has 2 aliphatic rings. The van der Waals surface area contributed by atoms with Gasteiger partial charge in [0.1, 0.15) is 0 Å². The Kier molecular flexibility index (Phi) is 4.10. The van der Waals surface area contributed by atoms with Gasteiger partial charge in [0.25, 0.3) is 0 Å². The number of nitrogens with zero attached hydrogens (tertiary/aromatic N) is 1. The predicted molar refractivity (Wildman–Crippen MR) is 74.1 cm³/mol. The molecule has 2 unspecified atom stereocenters. The van der Waals surface area contributed by atoms with Crippen LogP contribution in [-0.4, -0.2) is 29.9 Å². The Labute approximate surface area is 110 Å². The van der Waals surface area contributed by atoms with Crippen molar-refractivity contribution in [1.82, 2.24) is 4.90 Å². The molecule has 1 heterocycles. The van der Waals surface area contributed by atoms with E-state index in [1.165, 1.54) is 12.8 Å². The standard InChI is InChI=1S/C15H26N2O/c1-3-15(4-2)7-9-17(10-8-15)14(18)12-5-6-13(16)11-12/h5-6,12-13H,3-4,7-11,16H2,1-2H3. The fourth-order valence-electron chi connectivity index (χ4n) is 3.30. The van der Waals surface area contributed by atoms with Crippen LogP contribution in [0.3, 0.4) is 0 Å². The molecule has 2 atom stereocenters. The fraction of sp³-hybridized carbons (Fsp3) is 0.800. The fourth-order valence-corrected chi connectivity index (χ4v) is 3.30. The molecule has 3 heteroatoms. The number of hydrogen-bond donors (Lipinski definition) is 1. The summed E-state index contributed by atoms with van der Waals surface area (Å²) in [5, 5.41) is 0. The Morgan fingerprint density at radius 2 is 1.89 bits per heavy atom. The molecular weight excluding hydrogens is 224 g/mol. The first-order chi connectivity index (χ1) is 8.60. The van der Waals surface area contributed by atoms with Gasteiger partial charge in [0.2, 0.25) is 5.91 Å². The van der Waals surface area contributed by atoms with Crippen molar-refractivity contribution in [3.63, 3.8) is 0 Å². The van der Waals surface area contributed by atoms with E-state index in [0.29, 0.717) is 11.3 Å². The Morgan fingerprint density at radius 3 is 2.33 bits per heavy atom. The third-order valence-corrected chi connectivity index (χ3v) is 5.07. The maximum Gasteiger partial charge on any atom is 0.229 e. The molecule has 0 radical (unpaired) electrons. The van der Waals surface area contributed by atoms with Gasteiger partial charge in [-0.15, -0.1) is 0 Å². The van der Waals surface area contributed by atoms with Crippen LogP contribution < -0.4 is 5.73 Å². The van der Waals surface area contributed by atoms with Crippen LogP contribution in [0, 0.1) is 11.3 Å². The van der Waals surface area contributed by atoms with Gasteiger partial charge in [-0.1, -0.05) is 38.8 Å². The summed E-state index contributed by atoms with van der Waals surface area (Å²) < 4.78 is 0. The van der Waals surface area contributed by atoms with Crippen LogP contribution in [0.1, 0.15) is 46.0 Å². The van der Waals surface area contributed by atoms with Crippen molar-refractivity contribution in [1.29, 1.82) is 0 Å². The lowest BCUT2D eigenvalue weighted by atomic mass is 9.74. The molecule has 0 saturated carbocycles. The summed E-state index contributed by atoms with van der Waals surface area (Å²) in [5.41, 5.74) is 6.31. The van der Waals surface area contributed by atoms with Crippen molar-refractivity contribution in [2.75, 3.05) is 13.1 Å². The Morgan fingerprint density at radius 1 is 1.28 bits per heavy atom. The van der Waals surface area contributed by atoms with Crippen LogP contribution in [0.5, 0.6) is 0 Å². The Hall–Kier alpha value is -0.830. The molecule has 1 amide bonds. The van der Waals surface area contributed by atoms with E-state index in [2.05, 4.69) is 18.7 Å². The first-order valence-electron chi connectivity index (χ1n) is 7.33. The molecule has 1 fully saturated rings. The van der Waals surface area contributed by atoms with E-state index in [-0.39, 0.29) is 12.0 Å². The molecule has 0 bridgehead atoms. The van der Waals surface area contributed by atoms with Crippen molar-refractivity contribution >= 4 is 5.91 Å². The number of nitrogens with two attached hydrogens (primary N) is 1. The van der Waals surface area contributed by atoms with Gasteiger partial charge in [-0.3, -0.25) is 4.79 Å². The topological polar surface area (TPSA) is 46.3 Å². The van der Waals surface area contributed by atoms with Crippen LogP contribution >= 0.6 is 0 Å². The normalized spacial score (nSPS) is 30.7. The van der Waals surface area contributed by atoms with Crippen LogP contribution in [0.4, 0.5) is 0 Å². The molecule has 3 nitrogen and oxygen atoms in total. The zero-order valence-corrected chi connectivity index (χ0v) is 11.7. The van der Waals surface area contributed by atoms with Gasteiger partial charge in [0, 0.05) is 19.1 Å². The van der Waals surface area contributed by atoms with Gasteiger partial charge in [0.15, 0.2) is 0 Å². The highest BCUT2D eigenvalue weighted by molar-refractivity contribution is 5.81. The van der Waals surface area contributed by atoms with Crippen molar-refractivity contribution in [3.05, 3.63) is 12.2 Å². The number of likely N-dealkylation sites (tertiary alicyclic amines) is 1. The number of hydrogen-bond acceptors (Lipinski definition) is 2. The zero-order chi connectivity index (χ0) is 13.2. The minimum atomic E-state index is 0.0377. The summed E-state index contributed by atoms with van der Waals surface area (Å²) in [6.07, 6.45) is 9.55. The molecule has 1 aliphatic carbocycles. The minimum Gasteiger partial charge on any atom is -0.342 e. The van der Waals surface area contributed by atoms with Crippen molar-refractivity contribution in [2.24, 2.45) is 17.1 Å². The summed E-state index contributed by atoms with van der Waals surface area (Å²) in [7, 11) is 0. The van der Waals surface area contributed by atoms with Gasteiger partial charge in [-0.25, -0.2) is 0 Å². The van der Waals surface area contributed by atoms with Crippen LogP contribution in [0.2, 0.25) is 0 Å². The van der Waals surface area contributed by atoms with E-state index in [9.17, 15) is 4.79 Å². The second-order valence-corrected chi connectivity index (χ2v) is 5.92. The average Bonchev–Trinajstić information content (AvgIpc) is 2.85. The number of amides is 1. The predicted octanol–water partition coefficient (Wildman–Crippen LogP) is 2.32. The molecular formula is C15H26N2O. The zero-order valence-electron chi connectivity index (χ0n) is 11.7. The van der Waals surface area contributed by atoms with Crippen LogP contribution in [-0.2, 0) is 4.79 Å². The molecule has 102 valence electrons. The van der Waals surface area contributed by atoms with E-state index in [1.807, 2.05) is 12.2 Å². The molecule has 2 rings (SSSR count). The molecule has 0 spiro atoms. The Bertz CT molecular complexity index is 323. The minimum absolute atomic E-state index is 0.0377. The van der Waals surface area contributed by atoms with E-state index in [4.69, 9.17) is 5.73 Å². The molecule has 1 saturated heterocycles. The number of rotatable bonds is 3. The van der Waals surface area contributed by atoms with E-state index in [0.717, 1.165) is 32.4 Å². The molecule has 1 aliphatic heterocycles. The van der Waals surface area contributed by atoms with Crippen molar-refractivity contribution < 1.29 is 4.79 Å². The highest BCUT2D eigenvalue weighted by Crippen LogP contribution is 2.38. The summed E-state index contributed by atoms with van der Waals surface area (Å²) >= 11 is 0. The second-order valence-electron chi connectivity index (χ2n) is 5.92. The van der Waals surface area contributed by atoms with E-state index >= 15 is 0 Å². The lowest BCUT2D eigenvalue weighted by Crippen LogP contribution is -2.45. The summed E-state index contributed by atoms with van der Waals surface area (Å²) in [4.78, 5) is 14.4. The maximum absolute atomic E-state index is 12.4. The molecule has 0 aromatic carbocycles. The summed E-state index contributed by atoms with van der Waals surface area (Å²) in [6, 6.07) is 0.0779. The first kappa shape index (κ1) is 13.6. The molecule has 2 N–H and O–H groups in total. The van der Waals surface area contributed by atoms with Gasteiger partial charge in [-0.05, 0) is 24.7 Å². The smallest absolute Gasteiger partial charge is 0.229 e. The molecule has 18 heavy (non-hydrogen) atoms. The van der Waals surface area contributed by atoms with Gasteiger partial charge >= 0.3 is 0 Å². The van der Waals surface area contributed by atoms with Gasteiger partial charge < -0.3 is 10.6 Å². The molecule has 0 aromatic heterocycles. The average molecular weight is 250 g/mol. The van der Waals surface area contributed by atoms with E-state index < -0.39 is 0 Å². The Balaban J connectivity index is 1.90. The second kappa shape index (κ2) is 5.43. The number of carbonyl (C=O) groups is 1. The van der Waals surface area contributed by atoms with Gasteiger partial charge in [0.05, 0.1) is 5.92 Å². The number of piperidine rings is 1. The highest BCUT2D eigenvalue weighted by Gasteiger charge is 2.35. The van der Waals surface area contributed by atoms with E-state index in [1.54, 1.807) is 0 Å². The van der Waals surface area contributed by atoms with Crippen molar-refractivity contribution in [2.45, 2.75) is 52.0 Å². The largest absolute Gasteiger partial charge is 0.342 e. The monoisotopic (exact) mass is 250 g/mol. The van der Waals surface area contributed by atoms with Crippen molar-refractivity contribution in [3.8, 4) is 0 Å². The SMILES string of the molecule is CCC1(CC)CCN(C(=O)C2C=CC(N)C2)CC1. The third kappa shape index (κ3) is 2.61. The summed E-state index contributed by atoms with van der Waals surface area (Å²) in [6.45, 7) is 6.42. The van der Waals surface area contributed by atoms with Crippen LogP contribution in [0.25, 0.3) is 0 Å². The number of carbonyl (C=O) groups excluding carboxylic acids is 1. The third-order valence-electron chi connectivity index (χ3n) is 5.07. The van der Waals surface area contributed by atoms with Gasteiger partial charge in [-0.2, -0.15) is 0 Å². The quantitative estimate of drug-likeness (QED) is 0.781. The molecule has 0 aromatic rings. The summed E-state index contributed by atoms with van der Waals surface area (Å²) in [5.74, 6) is 0.329.